The molecule has 1 aliphatic carbocycles. The maximum absolute atomic E-state index is 5.38. The average molecular weight is 137 g/mol. The van der Waals surface area contributed by atoms with Gasteiger partial charge in [-0.25, -0.2) is 0 Å². The van der Waals surface area contributed by atoms with Crippen LogP contribution in [0.1, 0.15) is 19.3 Å². The zero-order valence-electron chi connectivity index (χ0n) is 4.84. The Balaban J connectivity index is 0.000000490. The van der Waals surface area contributed by atoms with Crippen molar-refractivity contribution in [3.05, 3.63) is 0 Å². The monoisotopic (exact) mass is 136 g/mol. The van der Waals surface area contributed by atoms with Crippen molar-refractivity contribution in [2.24, 2.45) is 17.4 Å². The van der Waals surface area contributed by atoms with E-state index >= 15 is 0 Å². The first-order chi connectivity index (χ1) is 3.30. The maximum atomic E-state index is 5.38. The minimum atomic E-state index is -0.0475. The summed E-state index contributed by atoms with van der Waals surface area (Å²) in [7, 11) is 0. The molecular formula is C5H13ClN2. The third-order valence-electron chi connectivity index (χ3n) is 1.69. The van der Waals surface area contributed by atoms with Crippen LogP contribution < -0.4 is 11.5 Å². The van der Waals surface area contributed by atoms with Gasteiger partial charge in [-0.15, -0.1) is 12.4 Å². The van der Waals surface area contributed by atoms with Crippen LogP contribution in [0.25, 0.3) is 0 Å². The van der Waals surface area contributed by atoms with Gasteiger partial charge in [0.2, 0.25) is 0 Å². The van der Waals surface area contributed by atoms with Crippen molar-refractivity contribution in [3.8, 4) is 0 Å². The van der Waals surface area contributed by atoms with Crippen LogP contribution in [0.4, 0.5) is 0 Å². The van der Waals surface area contributed by atoms with Crippen LogP contribution in [0.3, 0.4) is 0 Å². The molecule has 1 aliphatic rings. The summed E-state index contributed by atoms with van der Waals surface area (Å²) >= 11 is 0. The summed E-state index contributed by atoms with van der Waals surface area (Å²) in [6.07, 6.45) is 3.78. The third kappa shape index (κ3) is 1.62. The molecule has 0 aromatic rings. The highest BCUT2D eigenvalue weighted by Crippen LogP contribution is 2.26. The Morgan fingerprint density at radius 3 is 1.75 bits per heavy atom. The Bertz CT molecular complexity index is 61.4. The van der Waals surface area contributed by atoms with Crippen molar-refractivity contribution in [1.82, 2.24) is 0 Å². The van der Waals surface area contributed by atoms with Gasteiger partial charge in [-0.1, -0.05) is 6.42 Å². The lowest BCUT2D eigenvalue weighted by atomic mass is 9.83. The Hall–Kier alpha value is 0.210. The van der Waals surface area contributed by atoms with E-state index in [1.54, 1.807) is 0 Å². The van der Waals surface area contributed by atoms with Gasteiger partial charge < -0.3 is 11.5 Å². The molecule has 4 N–H and O–H groups in total. The van der Waals surface area contributed by atoms with Crippen LogP contribution in [0.2, 0.25) is 0 Å². The SMILES string of the molecule is Cl.NC(N)C1CCC1. The lowest BCUT2D eigenvalue weighted by molar-refractivity contribution is 0.265. The fourth-order valence-corrected chi connectivity index (χ4v) is 0.825. The van der Waals surface area contributed by atoms with E-state index in [4.69, 9.17) is 11.5 Å². The highest BCUT2D eigenvalue weighted by Gasteiger charge is 2.20. The van der Waals surface area contributed by atoms with Crippen molar-refractivity contribution >= 4 is 12.4 Å². The molecule has 0 bridgehead atoms. The molecule has 2 nitrogen and oxygen atoms in total. The van der Waals surface area contributed by atoms with Crippen LogP contribution in [0, 0.1) is 5.92 Å². The molecule has 0 heterocycles. The van der Waals surface area contributed by atoms with Crippen molar-refractivity contribution < 1.29 is 0 Å². The van der Waals surface area contributed by atoms with Gasteiger partial charge in [-0.05, 0) is 18.8 Å². The Morgan fingerprint density at radius 1 is 1.25 bits per heavy atom. The summed E-state index contributed by atoms with van der Waals surface area (Å²) in [5.74, 6) is 0.639. The standard InChI is InChI=1S/C5H12N2.ClH/c6-5(7)4-2-1-3-4;/h4-5H,1-3,6-7H2;1H. The second-order valence-electron chi connectivity index (χ2n) is 2.27. The van der Waals surface area contributed by atoms with Crippen LogP contribution in [-0.2, 0) is 0 Å². The molecule has 0 amide bonds. The minimum Gasteiger partial charge on any atom is -0.316 e. The zero-order valence-corrected chi connectivity index (χ0v) is 5.66. The summed E-state index contributed by atoms with van der Waals surface area (Å²) in [6, 6.07) is 0. The predicted octanol–water partition coefficient (Wildman–Crippen LogP) is 0.452. The molecule has 1 rings (SSSR count). The van der Waals surface area contributed by atoms with E-state index in [2.05, 4.69) is 0 Å². The first kappa shape index (κ1) is 8.21. The minimum absolute atomic E-state index is 0. The summed E-state index contributed by atoms with van der Waals surface area (Å²) in [6.45, 7) is 0. The molecule has 0 saturated heterocycles. The summed E-state index contributed by atoms with van der Waals surface area (Å²) in [5, 5.41) is 0. The molecule has 0 spiro atoms. The summed E-state index contributed by atoms with van der Waals surface area (Å²) < 4.78 is 0. The van der Waals surface area contributed by atoms with Gasteiger partial charge in [0.25, 0.3) is 0 Å². The second-order valence-corrected chi connectivity index (χ2v) is 2.27. The quantitative estimate of drug-likeness (QED) is 0.515. The van der Waals surface area contributed by atoms with Gasteiger partial charge in [0.05, 0.1) is 6.17 Å². The first-order valence-electron chi connectivity index (χ1n) is 2.82. The Kier molecular flexibility index (Phi) is 3.36. The molecule has 0 radical (unpaired) electrons. The van der Waals surface area contributed by atoms with Crippen LogP contribution in [-0.4, -0.2) is 6.17 Å². The molecule has 0 aliphatic heterocycles. The van der Waals surface area contributed by atoms with Crippen LogP contribution in [0.15, 0.2) is 0 Å². The number of hydrogen-bond donors (Lipinski definition) is 2. The number of rotatable bonds is 1. The smallest absolute Gasteiger partial charge is 0.0549 e. The van der Waals surface area contributed by atoms with Gasteiger partial charge in [-0.2, -0.15) is 0 Å². The first-order valence-corrected chi connectivity index (χ1v) is 2.82. The molecule has 1 saturated carbocycles. The maximum Gasteiger partial charge on any atom is 0.0549 e. The predicted molar refractivity (Wildman–Crippen MR) is 36.8 cm³/mol. The van der Waals surface area contributed by atoms with E-state index in [1.807, 2.05) is 0 Å². The summed E-state index contributed by atoms with van der Waals surface area (Å²) in [5.41, 5.74) is 10.8. The van der Waals surface area contributed by atoms with Crippen molar-refractivity contribution in [3.63, 3.8) is 0 Å². The highest BCUT2D eigenvalue weighted by molar-refractivity contribution is 5.85. The van der Waals surface area contributed by atoms with Gasteiger partial charge in [0, 0.05) is 0 Å². The van der Waals surface area contributed by atoms with Gasteiger partial charge in [0.1, 0.15) is 0 Å². The molecule has 0 atom stereocenters. The number of hydrogen-bond acceptors (Lipinski definition) is 2. The average Bonchev–Trinajstić information content (AvgIpc) is 1.23. The largest absolute Gasteiger partial charge is 0.316 e. The fraction of sp³-hybridized carbons (Fsp3) is 1.00. The zero-order chi connectivity index (χ0) is 5.28. The Morgan fingerprint density at radius 2 is 1.75 bits per heavy atom. The van der Waals surface area contributed by atoms with Gasteiger partial charge >= 0.3 is 0 Å². The normalized spacial score (nSPS) is 19.9. The van der Waals surface area contributed by atoms with E-state index in [-0.39, 0.29) is 18.6 Å². The van der Waals surface area contributed by atoms with Crippen molar-refractivity contribution in [1.29, 1.82) is 0 Å². The number of halogens is 1. The second kappa shape index (κ2) is 3.28. The summed E-state index contributed by atoms with van der Waals surface area (Å²) in [4.78, 5) is 0. The molecular weight excluding hydrogens is 124 g/mol. The van der Waals surface area contributed by atoms with E-state index in [9.17, 15) is 0 Å². The van der Waals surface area contributed by atoms with E-state index in [0.717, 1.165) is 0 Å². The Labute approximate surface area is 56.0 Å². The molecule has 3 heteroatoms. The van der Waals surface area contributed by atoms with Gasteiger partial charge in [0.15, 0.2) is 0 Å². The molecule has 1 fully saturated rings. The van der Waals surface area contributed by atoms with Crippen LogP contribution in [0.5, 0.6) is 0 Å². The van der Waals surface area contributed by atoms with Crippen molar-refractivity contribution in [2.45, 2.75) is 25.4 Å². The lowest BCUT2D eigenvalue weighted by Gasteiger charge is -2.28. The van der Waals surface area contributed by atoms with Crippen LogP contribution >= 0.6 is 12.4 Å². The van der Waals surface area contributed by atoms with E-state index in [0.29, 0.717) is 5.92 Å². The molecule has 50 valence electrons. The van der Waals surface area contributed by atoms with Crippen molar-refractivity contribution in [2.75, 3.05) is 0 Å². The number of nitrogens with two attached hydrogens (primary N) is 2. The van der Waals surface area contributed by atoms with Gasteiger partial charge in [-0.3, -0.25) is 0 Å². The third-order valence-corrected chi connectivity index (χ3v) is 1.69. The lowest BCUT2D eigenvalue weighted by Crippen LogP contribution is -2.41. The van der Waals surface area contributed by atoms with E-state index < -0.39 is 0 Å². The molecule has 8 heavy (non-hydrogen) atoms. The topological polar surface area (TPSA) is 52.0 Å². The highest BCUT2D eigenvalue weighted by atomic mass is 35.5. The molecule has 0 aromatic heterocycles. The fourth-order valence-electron chi connectivity index (χ4n) is 0.825. The molecule has 0 unspecified atom stereocenters. The molecule has 0 aromatic carbocycles. The van der Waals surface area contributed by atoms with E-state index in [1.165, 1.54) is 19.3 Å².